The highest BCUT2D eigenvalue weighted by Gasteiger charge is 2.05. The van der Waals surface area contributed by atoms with Crippen molar-refractivity contribution in [1.29, 1.82) is 0 Å². The highest BCUT2D eigenvalue weighted by atomic mass is 35.5. The Morgan fingerprint density at radius 1 is 1.19 bits per heavy atom. The summed E-state index contributed by atoms with van der Waals surface area (Å²) in [7, 11) is 0. The van der Waals surface area contributed by atoms with Gasteiger partial charge in [-0.1, -0.05) is 36.7 Å². The smallest absolute Gasteiger partial charge is 0.243 e. The molecule has 0 fully saturated rings. The number of benzene rings is 2. The van der Waals surface area contributed by atoms with Crippen LogP contribution in [0.25, 0.3) is 0 Å². The van der Waals surface area contributed by atoms with Gasteiger partial charge in [0.1, 0.15) is 0 Å². The van der Waals surface area contributed by atoms with Crippen LogP contribution in [0.1, 0.15) is 18.1 Å². The second-order valence-electron chi connectivity index (χ2n) is 4.87. The Balaban J connectivity index is 1.94. The Hall–Kier alpha value is -2.00. The molecule has 0 saturated heterocycles. The molecule has 0 atom stereocenters. The summed E-state index contributed by atoms with van der Waals surface area (Å²) in [5, 5.41) is 6.68. The molecule has 110 valence electrons. The van der Waals surface area contributed by atoms with Crippen LogP contribution >= 0.6 is 11.6 Å². The first-order valence-electron chi connectivity index (χ1n) is 6.98. The molecule has 0 heterocycles. The third kappa shape index (κ3) is 4.23. The Morgan fingerprint density at radius 2 is 1.95 bits per heavy atom. The maximum absolute atomic E-state index is 12.0. The molecular weight excluding hydrogens is 284 g/mol. The largest absolute Gasteiger partial charge is 0.376 e. The first-order valence-corrected chi connectivity index (χ1v) is 7.35. The molecule has 0 saturated carbocycles. The summed E-state index contributed by atoms with van der Waals surface area (Å²) in [6.45, 7) is 4.22. The Bertz CT molecular complexity index is 640. The lowest BCUT2D eigenvalue weighted by molar-refractivity contribution is -0.114. The molecule has 2 rings (SSSR count). The number of amides is 1. The van der Waals surface area contributed by atoms with Gasteiger partial charge in [0.2, 0.25) is 5.91 Å². The molecular formula is C17H19ClN2O. The molecule has 1 amide bonds. The quantitative estimate of drug-likeness (QED) is 0.866. The van der Waals surface area contributed by atoms with Gasteiger partial charge in [-0.3, -0.25) is 4.79 Å². The van der Waals surface area contributed by atoms with Crippen LogP contribution in [0.3, 0.4) is 0 Å². The molecule has 0 aromatic heterocycles. The predicted octanol–water partition coefficient (Wildman–Crippen LogP) is 4.26. The van der Waals surface area contributed by atoms with Gasteiger partial charge in [-0.05, 0) is 48.7 Å². The number of hydrogen-bond acceptors (Lipinski definition) is 2. The van der Waals surface area contributed by atoms with Crippen molar-refractivity contribution in [2.75, 3.05) is 17.2 Å². The molecule has 0 aliphatic carbocycles. The first kappa shape index (κ1) is 15.4. The predicted molar refractivity (Wildman–Crippen MR) is 89.1 cm³/mol. The van der Waals surface area contributed by atoms with Gasteiger partial charge in [0.05, 0.1) is 6.54 Å². The third-order valence-corrected chi connectivity index (χ3v) is 3.74. The molecule has 0 radical (unpaired) electrons. The van der Waals surface area contributed by atoms with E-state index in [-0.39, 0.29) is 12.5 Å². The molecule has 4 heteroatoms. The third-order valence-electron chi connectivity index (χ3n) is 3.33. The molecule has 0 aliphatic rings. The number of halogens is 1. The van der Waals surface area contributed by atoms with Crippen LogP contribution in [0.2, 0.25) is 5.02 Å². The molecule has 0 aliphatic heterocycles. The number of rotatable bonds is 5. The van der Waals surface area contributed by atoms with Crippen molar-refractivity contribution in [1.82, 2.24) is 0 Å². The van der Waals surface area contributed by atoms with Gasteiger partial charge in [-0.2, -0.15) is 0 Å². The molecule has 2 aromatic carbocycles. The fraction of sp³-hybridized carbons (Fsp3) is 0.235. The highest BCUT2D eigenvalue weighted by Crippen LogP contribution is 2.22. The summed E-state index contributed by atoms with van der Waals surface area (Å²) in [6, 6.07) is 13.5. The number of hydrogen-bond donors (Lipinski definition) is 2. The topological polar surface area (TPSA) is 41.1 Å². The molecule has 0 unspecified atom stereocenters. The standard InChI is InChI=1S/C17H19ClN2O/c1-3-13-6-4-7-14(10-13)20-17(21)11-19-16-9-5-8-15(18)12(16)2/h4-10,19H,3,11H2,1-2H3,(H,20,21). The lowest BCUT2D eigenvalue weighted by Crippen LogP contribution is -2.22. The molecule has 0 spiro atoms. The van der Waals surface area contributed by atoms with Gasteiger partial charge in [-0.25, -0.2) is 0 Å². The summed E-state index contributed by atoms with van der Waals surface area (Å²) < 4.78 is 0. The Morgan fingerprint density at radius 3 is 2.71 bits per heavy atom. The fourth-order valence-corrected chi connectivity index (χ4v) is 2.22. The maximum atomic E-state index is 12.0. The van der Waals surface area contributed by atoms with Crippen molar-refractivity contribution in [3.05, 3.63) is 58.6 Å². The van der Waals surface area contributed by atoms with E-state index >= 15 is 0 Å². The normalized spacial score (nSPS) is 10.2. The lowest BCUT2D eigenvalue weighted by atomic mass is 10.1. The van der Waals surface area contributed by atoms with E-state index in [9.17, 15) is 4.79 Å². The minimum atomic E-state index is -0.0809. The van der Waals surface area contributed by atoms with Crippen molar-refractivity contribution >= 4 is 28.9 Å². The Kier molecular flexibility index (Phi) is 5.23. The zero-order valence-corrected chi connectivity index (χ0v) is 13.0. The summed E-state index contributed by atoms with van der Waals surface area (Å²) in [4.78, 5) is 12.0. The van der Waals surface area contributed by atoms with E-state index in [2.05, 4.69) is 17.6 Å². The van der Waals surface area contributed by atoms with Crippen molar-refractivity contribution in [2.24, 2.45) is 0 Å². The van der Waals surface area contributed by atoms with Gasteiger partial charge < -0.3 is 10.6 Å². The number of aryl methyl sites for hydroxylation is 1. The SMILES string of the molecule is CCc1cccc(NC(=O)CNc2cccc(Cl)c2C)c1. The van der Waals surface area contributed by atoms with E-state index in [1.807, 2.05) is 49.4 Å². The molecule has 0 bridgehead atoms. The minimum absolute atomic E-state index is 0.0809. The van der Waals surface area contributed by atoms with E-state index in [1.165, 1.54) is 5.56 Å². The van der Waals surface area contributed by atoms with Crippen molar-refractivity contribution in [3.8, 4) is 0 Å². The monoisotopic (exact) mass is 302 g/mol. The van der Waals surface area contributed by atoms with E-state index in [4.69, 9.17) is 11.6 Å². The van der Waals surface area contributed by atoms with Crippen LogP contribution in [-0.4, -0.2) is 12.5 Å². The van der Waals surface area contributed by atoms with Gasteiger partial charge in [0.25, 0.3) is 0 Å². The van der Waals surface area contributed by atoms with Gasteiger partial charge in [0, 0.05) is 16.4 Å². The fourth-order valence-electron chi connectivity index (χ4n) is 2.05. The van der Waals surface area contributed by atoms with Gasteiger partial charge in [0.15, 0.2) is 0 Å². The number of nitrogens with one attached hydrogen (secondary N) is 2. The zero-order valence-electron chi connectivity index (χ0n) is 12.2. The second kappa shape index (κ2) is 7.14. The van der Waals surface area contributed by atoms with E-state index in [1.54, 1.807) is 0 Å². The number of carbonyl (C=O) groups is 1. The maximum Gasteiger partial charge on any atom is 0.243 e. The van der Waals surface area contributed by atoms with Crippen molar-refractivity contribution in [2.45, 2.75) is 20.3 Å². The molecule has 2 N–H and O–H groups in total. The van der Waals surface area contributed by atoms with Crippen LogP contribution in [0.5, 0.6) is 0 Å². The van der Waals surface area contributed by atoms with Crippen LogP contribution < -0.4 is 10.6 Å². The van der Waals surface area contributed by atoms with E-state index < -0.39 is 0 Å². The van der Waals surface area contributed by atoms with Crippen LogP contribution in [0.15, 0.2) is 42.5 Å². The first-order chi connectivity index (χ1) is 10.1. The van der Waals surface area contributed by atoms with Crippen LogP contribution in [-0.2, 0) is 11.2 Å². The molecule has 21 heavy (non-hydrogen) atoms. The van der Waals surface area contributed by atoms with E-state index in [0.29, 0.717) is 5.02 Å². The van der Waals surface area contributed by atoms with E-state index in [0.717, 1.165) is 23.4 Å². The highest BCUT2D eigenvalue weighted by molar-refractivity contribution is 6.31. The van der Waals surface area contributed by atoms with Gasteiger partial charge >= 0.3 is 0 Å². The summed E-state index contributed by atoms with van der Waals surface area (Å²) in [5.41, 5.74) is 3.84. The van der Waals surface area contributed by atoms with Gasteiger partial charge in [-0.15, -0.1) is 0 Å². The minimum Gasteiger partial charge on any atom is -0.376 e. The molecule has 3 nitrogen and oxygen atoms in total. The average Bonchev–Trinajstić information content (AvgIpc) is 2.49. The second-order valence-corrected chi connectivity index (χ2v) is 5.28. The summed E-state index contributed by atoms with van der Waals surface area (Å²) in [6.07, 6.45) is 0.948. The average molecular weight is 303 g/mol. The van der Waals surface area contributed by atoms with Crippen molar-refractivity contribution < 1.29 is 4.79 Å². The Labute approximate surface area is 130 Å². The lowest BCUT2D eigenvalue weighted by Gasteiger charge is -2.11. The number of carbonyl (C=O) groups excluding carboxylic acids is 1. The summed E-state index contributed by atoms with van der Waals surface area (Å²) >= 11 is 6.05. The van der Waals surface area contributed by atoms with Crippen molar-refractivity contribution in [3.63, 3.8) is 0 Å². The zero-order chi connectivity index (χ0) is 15.2. The molecule has 2 aromatic rings. The van der Waals surface area contributed by atoms with Crippen LogP contribution in [0, 0.1) is 6.92 Å². The number of anilines is 2. The summed E-state index contributed by atoms with van der Waals surface area (Å²) in [5.74, 6) is -0.0809. The van der Waals surface area contributed by atoms with Crippen LogP contribution in [0.4, 0.5) is 11.4 Å².